The number of hydrogen-bond donors (Lipinski definition) is 2. The number of nitrogens with one attached hydrogen (secondary N) is 2. The highest BCUT2D eigenvalue weighted by molar-refractivity contribution is 5.97. The van der Waals surface area contributed by atoms with Crippen LogP contribution in [0.5, 0.6) is 0 Å². The molecule has 116 valence electrons. The first-order valence-electron chi connectivity index (χ1n) is 6.85. The summed E-state index contributed by atoms with van der Waals surface area (Å²) in [5.74, 6) is -0.462. The molecule has 1 aromatic carbocycles. The van der Waals surface area contributed by atoms with Gasteiger partial charge in [0, 0.05) is 23.8 Å². The molecule has 0 spiro atoms. The highest BCUT2D eigenvalue weighted by Crippen LogP contribution is 2.25. The second-order valence-corrected chi connectivity index (χ2v) is 5.02. The van der Waals surface area contributed by atoms with Gasteiger partial charge in [-0.1, -0.05) is 6.07 Å². The summed E-state index contributed by atoms with van der Waals surface area (Å²) in [7, 11) is 1.34. The van der Waals surface area contributed by atoms with Crippen LogP contribution in [0, 0.1) is 0 Å². The number of hydrogen-bond acceptors (Lipinski definition) is 4. The van der Waals surface area contributed by atoms with E-state index in [1.54, 1.807) is 6.92 Å². The maximum atomic E-state index is 12.3. The zero-order valence-corrected chi connectivity index (χ0v) is 13.1. The van der Waals surface area contributed by atoms with Gasteiger partial charge in [0.2, 0.25) is 0 Å². The number of rotatable bonds is 4. The third-order valence-electron chi connectivity index (χ3n) is 3.42. The molecule has 2 N–H and O–H groups in total. The van der Waals surface area contributed by atoms with Gasteiger partial charge in [-0.2, -0.15) is 0 Å². The van der Waals surface area contributed by atoms with Crippen LogP contribution in [0.4, 0.5) is 5.69 Å². The van der Waals surface area contributed by atoms with Crippen molar-refractivity contribution in [3.63, 3.8) is 0 Å². The number of amides is 1. The lowest BCUT2D eigenvalue weighted by molar-refractivity contribution is -0.141. The van der Waals surface area contributed by atoms with Crippen molar-refractivity contribution in [1.29, 1.82) is 0 Å². The minimum absolute atomic E-state index is 0. The van der Waals surface area contributed by atoms with Gasteiger partial charge in [0.1, 0.15) is 0 Å². The van der Waals surface area contributed by atoms with Crippen LogP contribution in [0.2, 0.25) is 0 Å². The van der Waals surface area contributed by atoms with Crippen LogP contribution in [0.25, 0.3) is 0 Å². The molecule has 1 aromatic rings. The van der Waals surface area contributed by atoms with Crippen LogP contribution in [0.3, 0.4) is 0 Å². The molecule has 0 saturated heterocycles. The molecule has 1 amide bonds. The molecular weight excluding hydrogens is 292 g/mol. The predicted molar refractivity (Wildman–Crippen MR) is 84.1 cm³/mol. The maximum Gasteiger partial charge on any atom is 0.307 e. The third-order valence-corrected chi connectivity index (χ3v) is 3.42. The van der Waals surface area contributed by atoms with Crippen molar-refractivity contribution in [2.75, 3.05) is 19.0 Å². The normalized spacial score (nSPS) is 14.0. The molecule has 0 radical (unpaired) electrons. The fraction of sp³-hybridized carbons (Fsp3) is 0.467. The van der Waals surface area contributed by atoms with Gasteiger partial charge in [-0.05, 0) is 37.5 Å². The van der Waals surface area contributed by atoms with Crippen molar-refractivity contribution in [2.24, 2.45) is 0 Å². The first-order valence-corrected chi connectivity index (χ1v) is 6.85. The number of methoxy groups -OCH3 is 1. The Balaban J connectivity index is 0.00000220. The minimum Gasteiger partial charge on any atom is -0.469 e. The fourth-order valence-electron chi connectivity index (χ4n) is 2.41. The predicted octanol–water partition coefficient (Wildman–Crippen LogP) is 2.15. The first-order chi connectivity index (χ1) is 9.61. The first kappa shape index (κ1) is 17.3. The van der Waals surface area contributed by atoms with Gasteiger partial charge in [0.15, 0.2) is 0 Å². The number of halogens is 1. The van der Waals surface area contributed by atoms with E-state index in [2.05, 4.69) is 15.4 Å². The van der Waals surface area contributed by atoms with Crippen LogP contribution in [0.15, 0.2) is 18.2 Å². The molecule has 21 heavy (non-hydrogen) atoms. The summed E-state index contributed by atoms with van der Waals surface area (Å²) in [6.45, 7) is 2.74. The molecule has 6 heteroatoms. The van der Waals surface area contributed by atoms with E-state index in [0.717, 1.165) is 30.6 Å². The summed E-state index contributed by atoms with van der Waals surface area (Å²) in [5.41, 5.74) is 2.78. The Bertz CT molecular complexity index is 520. The smallest absolute Gasteiger partial charge is 0.307 e. The van der Waals surface area contributed by atoms with Gasteiger partial charge in [-0.15, -0.1) is 12.4 Å². The van der Waals surface area contributed by atoms with Gasteiger partial charge in [0.05, 0.1) is 13.5 Å². The van der Waals surface area contributed by atoms with Crippen molar-refractivity contribution >= 4 is 30.0 Å². The Morgan fingerprint density at radius 1 is 1.43 bits per heavy atom. The van der Waals surface area contributed by atoms with Crippen molar-refractivity contribution in [3.05, 3.63) is 29.3 Å². The van der Waals surface area contributed by atoms with Gasteiger partial charge < -0.3 is 15.4 Å². The summed E-state index contributed by atoms with van der Waals surface area (Å²) in [6, 6.07) is 5.44. The summed E-state index contributed by atoms with van der Waals surface area (Å²) in [6.07, 6.45) is 2.10. The van der Waals surface area contributed by atoms with Crippen LogP contribution in [-0.4, -0.2) is 31.6 Å². The number of anilines is 1. The van der Waals surface area contributed by atoms with E-state index in [1.807, 2.05) is 18.2 Å². The molecule has 1 atom stereocenters. The molecule has 2 rings (SSSR count). The van der Waals surface area contributed by atoms with E-state index in [9.17, 15) is 9.59 Å². The molecule has 1 aliphatic heterocycles. The number of carbonyl (C=O) groups excluding carboxylic acids is 2. The number of esters is 1. The van der Waals surface area contributed by atoms with E-state index in [-0.39, 0.29) is 36.7 Å². The van der Waals surface area contributed by atoms with Crippen LogP contribution in [-0.2, 0) is 16.0 Å². The maximum absolute atomic E-state index is 12.3. The van der Waals surface area contributed by atoms with Gasteiger partial charge in [-0.3, -0.25) is 9.59 Å². The molecule has 1 aliphatic rings. The van der Waals surface area contributed by atoms with Crippen molar-refractivity contribution in [1.82, 2.24) is 5.32 Å². The quantitative estimate of drug-likeness (QED) is 0.836. The van der Waals surface area contributed by atoms with Crippen LogP contribution < -0.4 is 10.6 Å². The molecule has 0 aromatic heterocycles. The lowest BCUT2D eigenvalue weighted by Gasteiger charge is -2.21. The van der Waals surface area contributed by atoms with E-state index < -0.39 is 0 Å². The second kappa shape index (κ2) is 7.88. The largest absolute Gasteiger partial charge is 0.469 e. The van der Waals surface area contributed by atoms with Crippen molar-refractivity contribution < 1.29 is 14.3 Å². The Morgan fingerprint density at radius 2 is 2.19 bits per heavy atom. The molecule has 1 unspecified atom stereocenters. The van der Waals surface area contributed by atoms with E-state index in [0.29, 0.717) is 5.56 Å². The van der Waals surface area contributed by atoms with Gasteiger partial charge >= 0.3 is 5.97 Å². The van der Waals surface area contributed by atoms with Crippen LogP contribution in [0.1, 0.15) is 35.7 Å². The van der Waals surface area contributed by atoms with Crippen molar-refractivity contribution in [3.8, 4) is 0 Å². The van der Waals surface area contributed by atoms with Gasteiger partial charge in [-0.25, -0.2) is 0 Å². The number of benzene rings is 1. The molecule has 5 nitrogen and oxygen atoms in total. The fourth-order valence-corrected chi connectivity index (χ4v) is 2.41. The zero-order valence-electron chi connectivity index (χ0n) is 12.3. The summed E-state index contributed by atoms with van der Waals surface area (Å²) in [5, 5.41) is 6.14. The average molecular weight is 313 g/mol. The zero-order chi connectivity index (χ0) is 14.5. The molecular formula is C15H21ClN2O3. The lowest BCUT2D eigenvalue weighted by atomic mass is 9.97. The summed E-state index contributed by atoms with van der Waals surface area (Å²) in [4.78, 5) is 23.5. The standard InChI is InChI=1S/C15H20N2O3.ClH/c1-10(9-14(18)20-2)17-15(19)12-5-3-7-13-11(12)6-4-8-16-13;/h3,5,7,10,16H,4,6,8-9H2,1-2H3,(H,17,19);1H. The second-order valence-electron chi connectivity index (χ2n) is 5.02. The average Bonchev–Trinajstić information content (AvgIpc) is 2.46. The molecule has 0 bridgehead atoms. The third kappa shape index (κ3) is 4.36. The van der Waals surface area contributed by atoms with E-state index in [4.69, 9.17) is 0 Å². The van der Waals surface area contributed by atoms with Gasteiger partial charge in [0.25, 0.3) is 5.91 Å². The molecule has 0 fully saturated rings. The van der Waals surface area contributed by atoms with Crippen molar-refractivity contribution in [2.45, 2.75) is 32.2 Å². The highest BCUT2D eigenvalue weighted by atomic mass is 35.5. The topological polar surface area (TPSA) is 67.4 Å². The molecule has 0 saturated carbocycles. The highest BCUT2D eigenvalue weighted by Gasteiger charge is 2.19. The Morgan fingerprint density at radius 3 is 2.90 bits per heavy atom. The number of fused-ring (bicyclic) bond motifs is 1. The SMILES string of the molecule is COC(=O)CC(C)NC(=O)c1cccc2c1CCCN2.Cl. The lowest BCUT2D eigenvalue weighted by Crippen LogP contribution is -2.35. The number of ether oxygens (including phenoxy) is 1. The summed E-state index contributed by atoms with van der Waals surface area (Å²) < 4.78 is 4.60. The summed E-state index contributed by atoms with van der Waals surface area (Å²) >= 11 is 0. The molecule has 1 heterocycles. The van der Waals surface area contributed by atoms with Crippen LogP contribution >= 0.6 is 12.4 Å². The Hall–Kier alpha value is -1.75. The Kier molecular flexibility index (Phi) is 6.49. The number of carbonyl (C=O) groups is 2. The van der Waals surface area contributed by atoms with E-state index in [1.165, 1.54) is 7.11 Å². The minimum atomic E-state index is -0.324. The Labute approximate surface area is 130 Å². The van der Waals surface area contributed by atoms with E-state index >= 15 is 0 Å². The molecule has 0 aliphatic carbocycles. The monoisotopic (exact) mass is 312 g/mol.